The third-order valence-electron chi connectivity index (χ3n) is 5.11. The van der Waals surface area contributed by atoms with Gasteiger partial charge in [0.25, 0.3) is 5.91 Å². The van der Waals surface area contributed by atoms with Crippen LogP contribution in [0.15, 0.2) is 53.6 Å². The Morgan fingerprint density at radius 1 is 1.24 bits per heavy atom. The van der Waals surface area contributed by atoms with Crippen molar-refractivity contribution in [1.82, 2.24) is 19.9 Å². The monoisotopic (exact) mass is 450 g/mol. The largest absolute Gasteiger partial charge is 0.394 e. The van der Waals surface area contributed by atoms with Gasteiger partial charge in [-0.1, -0.05) is 5.16 Å². The second-order valence-corrected chi connectivity index (χ2v) is 7.74. The minimum atomic E-state index is -0.646. The second kappa shape index (κ2) is 9.21. The number of nitrogens with one attached hydrogen (secondary N) is 2. The highest BCUT2D eigenvalue weighted by molar-refractivity contribution is 6.04. The lowest BCUT2D eigenvalue weighted by atomic mass is 9.96. The number of benzene rings is 1. The molecule has 4 rings (SSSR count). The molecule has 4 aromatic rings. The summed E-state index contributed by atoms with van der Waals surface area (Å²) < 4.78 is 21.0. The van der Waals surface area contributed by atoms with Gasteiger partial charge in [0.15, 0.2) is 5.82 Å². The van der Waals surface area contributed by atoms with Gasteiger partial charge in [0.05, 0.1) is 18.4 Å². The third kappa shape index (κ3) is 4.75. The van der Waals surface area contributed by atoms with E-state index in [1.165, 1.54) is 24.5 Å². The van der Waals surface area contributed by atoms with E-state index in [-0.39, 0.29) is 24.0 Å². The molecule has 0 aliphatic heterocycles. The van der Waals surface area contributed by atoms with Crippen LogP contribution in [0.4, 0.5) is 16.0 Å². The lowest BCUT2D eigenvalue weighted by Gasteiger charge is -2.17. The molecule has 3 N–H and O–H groups in total. The predicted molar refractivity (Wildman–Crippen MR) is 121 cm³/mol. The van der Waals surface area contributed by atoms with Crippen molar-refractivity contribution in [2.45, 2.75) is 19.9 Å². The molecule has 0 bridgehead atoms. The van der Waals surface area contributed by atoms with Crippen molar-refractivity contribution < 1.29 is 18.8 Å². The van der Waals surface area contributed by atoms with Gasteiger partial charge in [-0.15, -0.1) is 0 Å². The van der Waals surface area contributed by atoms with E-state index < -0.39 is 11.7 Å². The van der Waals surface area contributed by atoms with Crippen molar-refractivity contribution in [2.24, 2.45) is 7.05 Å². The maximum absolute atomic E-state index is 14.7. The fraction of sp³-hybridized carbons (Fsp3) is 0.217. The lowest BCUT2D eigenvalue weighted by Crippen LogP contribution is -2.20. The smallest absolute Gasteiger partial charge is 0.259 e. The van der Waals surface area contributed by atoms with E-state index in [9.17, 15) is 14.3 Å². The number of anilines is 2. The van der Waals surface area contributed by atoms with Gasteiger partial charge < -0.3 is 20.3 Å². The number of rotatable bonds is 7. The first-order chi connectivity index (χ1) is 15.9. The molecule has 0 unspecified atom stereocenters. The molecule has 3 aromatic heterocycles. The van der Waals surface area contributed by atoms with E-state index in [1.54, 1.807) is 24.0 Å². The fourth-order valence-corrected chi connectivity index (χ4v) is 3.40. The topological polar surface area (TPSA) is 118 Å². The van der Waals surface area contributed by atoms with E-state index in [1.807, 2.05) is 26.2 Å². The number of nitrogens with zero attached hydrogens (tertiary/aromatic N) is 4. The van der Waals surface area contributed by atoms with Gasteiger partial charge in [-0.3, -0.25) is 9.48 Å². The van der Waals surface area contributed by atoms with Crippen molar-refractivity contribution in [1.29, 1.82) is 0 Å². The number of amides is 1. The predicted octanol–water partition coefficient (Wildman–Crippen LogP) is 3.63. The summed E-state index contributed by atoms with van der Waals surface area (Å²) in [6.07, 6.45) is 6.52. The zero-order valence-corrected chi connectivity index (χ0v) is 18.3. The number of carbonyl (C=O) groups excluding carboxylic acids is 1. The summed E-state index contributed by atoms with van der Waals surface area (Å²) in [6, 6.07) is 5.97. The Kier molecular flexibility index (Phi) is 6.18. The molecule has 1 atom stereocenters. The summed E-state index contributed by atoms with van der Waals surface area (Å²) >= 11 is 0. The van der Waals surface area contributed by atoms with Gasteiger partial charge in [-0.2, -0.15) is 5.10 Å². The zero-order chi connectivity index (χ0) is 23.5. The van der Waals surface area contributed by atoms with Crippen LogP contribution in [0.3, 0.4) is 0 Å². The second-order valence-electron chi connectivity index (χ2n) is 7.74. The van der Waals surface area contributed by atoms with E-state index in [0.717, 1.165) is 11.1 Å². The highest BCUT2D eigenvalue weighted by atomic mass is 19.1. The van der Waals surface area contributed by atoms with Crippen molar-refractivity contribution >= 4 is 17.5 Å². The Morgan fingerprint density at radius 3 is 2.73 bits per heavy atom. The first-order valence-corrected chi connectivity index (χ1v) is 10.2. The summed E-state index contributed by atoms with van der Waals surface area (Å²) in [5.41, 5.74) is 3.46. The van der Waals surface area contributed by atoms with Crippen LogP contribution in [-0.2, 0) is 7.05 Å². The quantitative estimate of drug-likeness (QED) is 0.393. The molecule has 0 spiro atoms. The van der Waals surface area contributed by atoms with Gasteiger partial charge >= 0.3 is 0 Å². The molecule has 0 radical (unpaired) electrons. The molecule has 0 saturated carbocycles. The van der Waals surface area contributed by atoms with Crippen LogP contribution in [0.5, 0.6) is 0 Å². The van der Waals surface area contributed by atoms with Crippen LogP contribution < -0.4 is 10.6 Å². The molecule has 170 valence electrons. The summed E-state index contributed by atoms with van der Waals surface area (Å²) in [5, 5.41) is 23.0. The Hall–Kier alpha value is -4.05. The Labute approximate surface area is 189 Å². The number of aliphatic hydroxyl groups is 1. The van der Waals surface area contributed by atoms with E-state index in [4.69, 9.17) is 4.52 Å². The van der Waals surface area contributed by atoms with Gasteiger partial charge in [-0.05, 0) is 43.2 Å². The minimum absolute atomic E-state index is 0.0586. The number of hydrogen-bond acceptors (Lipinski definition) is 7. The van der Waals surface area contributed by atoms with Crippen LogP contribution in [0, 0.1) is 12.7 Å². The summed E-state index contributed by atoms with van der Waals surface area (Å²) in [7, 11) is 1.81. The SMILES string of the molecule is Cc1cc(F)c(C(=O)Nc2ccon2)cc1-c1cnc(N[C@@H](C)CO)c(-c2cnn(C)c2)c1. The van der Waals surface area contributed by atoms with Gasteiger partial charge in [0.2, 0.25) is 0 Å². The van der Waals surface area contributed by atoms with Crippen LogP contribution >= 0.6 is 0 Å². The summed E-state index contributed by atoms with van der Waals surface area (Å²) in [5.74, 6) is -0.515. The average molecular weight is 450 g/mol. The standard InChI is InChI=1S/C23H23FN6O3/c1-13-6-20(24)19(23(32)28-21-4-5-33-29-21)8-17(13)15-7-18(16-10-26-30(3)11-16)22(25-9-15)27-14(2)12-31/h4-11,14,31H,12H2,1-3H3,(H,25,27)(H,28,29,32)/t14-/m0/s1. The van der Waals surface area contributed by atoms with Gasteiger partial charge in [-0.25, -0.2) is 9.37 Å². The first-order valence-electron chi connectivity index (χ1n) is 10.2. The Morgan fingerprint density at radius 2 is 2.06 bits per heavy atom. The average Bonchev–Trinajstić information content (AvgIpc) is 3.45. The molecule has 10 heteroatoms. The van der Waals surface area contributed by atoms with Crippen LogP contribution in [0.1, 0.15) is 22.8 Å². The molecule has 33 heavy (non-hydrogen) atoms. The Balaban J connectivity index is 1.77. The zero-order valence-electron chi connectivity index (χ0n) is 18.3. The number of aliphatic hydroxyl groups excluding tert-OH is 1. The maximum atomic E-state index is 14.7. The van der Waals surface area contributed by atoms with Gasteiger partial charge in [0, 0.05) is 48.2 Å². The van der Waals surface area contributed by atoms with E-state index in [2.05, 4.69) is 25.9 Å². The Bertz CT molecular complexity index is 1290. The first kappa shape index (κ1) is 22.2. The molecule has 3 heterocycles. The number of aryl methyl sites for hydroxylation is 2. The summed E-state index contributed by atoms with van der Waals surface area (Å²) in [6.45, 7) is 3.55. The van der Waals surface area contributed by atoms with Gasteiger partial charge in [0.1, 0.15) is 17.9 Å². The highest BCUT2D eigenvalue weighted by Crippen LogP contribution is 2.33. The van der Waals surface area contributed by atoms with E-state index >= 15 is 0 Å². The van der Waals surface area contributed by atoms with Crippen LogP contribution in [0.25, 0.3) is 22.3 Å². The molecular weight excluding hydrogens is 427 g/mol. The number of halogens is 1. The number of hydrogen-bond donors (Lipinski definition) is 3. The maximum Gasteiger partial charge on any atom is 0.259 e. The van der Waals surface area contributed by atoms with Crippen molar-refractivity contribution in [2.75, 3.05) is 17.2 Å². The van der Waals surface area contributed by atoms with Crippen molar-refractivity contribution in [3.05, 3.63) is 66.1 Å². The highest BCUT2D eigenvalue weighted by Gasteiger charge is 2.19. The van der Waals surface area contributed by atoms with Crippen LogP contribution in [-0.4, -0.2) is 43.6 Å². The van der Waals surface area contributed by atoms with Crippen molar-refractivity contribution in [3.63, 3.8) is 0 Å². The third-order valence-corrected chi connectivity index (χ3v) is 5.11. The number of pyridine rings is 1. The summed E-state index contributed by atoms with van der Waals surface area (Å²) in [4.78, 5) is 17.2. The lowest BCUT2D eigenvalue weighted by molar-refractivity contribution is 0.102. The van der Waals surface area contributed by atoms with E-state index in [0.29, 0.717) is 22.5 Å². The van der Waals surface area contributed by atoms with Crippen LogP contribution in [0.2, 0.25) is 0 Å². The fourth-order valence-electron chi connectivity index (χ4n) is 3.40. The molecular formula is C23H23FN6O3. The molecule has 1 amide bonds. The molecule has 0 fully saturated rings. The normalized spacial score (nSPS) is 11.9. The molecule has 0 saturated heterocycles. The minimum Gasteiger partial charge on any atom is -0.394 e. The number of aromatic nitrogens is 4. The molecule has 9 nitrogen and oxygen atoms in total. The molecule has 0 aliphatic rings. The molecule has 1 aromatic carbocycles. The number of carbonyl (C=O) groups is 1. The molecule has 0 aliphatic carbocycles. The van der Waals surface area contributed by atoms with Crippen molar-refractivity contribution in [3.8, 4) is 22.3 Å².